The maximum absolute atomic E-state index is 5.80. The number of hydrogen-bond acceptors (Lipinski definition) is 12. The number of nitrogens with one attached hydrogen (secondary N) is 2. The molecule has 15 aromatic rings. The van der Waals surface area contributed by atoms with Crippen LogP contribution in [0.2, 0.25) is 0 Å². The first-order valence-corrected chi connectivity index (χ1v) is 36.9. The van der Waals surface area contributed by atoms with Gasteiger partial charge in [-0.15, -0.1) is 0 Å². The van der Waals surface area contributed by atoms with Crippen LogP contribution in [0.15, 0.2) is 328 Å². The lowest BCUT2D eigenvalue weighted by Gasteiger charge is -2.26. The maximum Gasteiger partial charge on any atom is 0.119 e. The zero-order chi connectivity index (χ0) is 76.0. The molecule has 0 atom stereocenters. The minimum Gasteiger partial charge on any atom is -0.497 e. The predicted molar refractivity (Wildman–Crippen MR) is 459 cm³/mol. The van der Waals surface area contributed by atoms with Gasteiger partial charge < -0.3 is 58.0 Å². The molecule has 0 radical (unpaired) electrons. The van der Waals surface area contributed by atoms with Crippen LogP contribution in [-0.2, 0) is 0 Å². The molecular weight excluding hydrogens is 1390 g/mol. The number of ether oxygens (including phenoxy) is 6. The number of benzene rings is 12. The number of hydrogen-bond donors (Lipinski definition) is 2. The summed E-state index contributed by atoms with van der Waals surface area (Å²) >= 11 is 0. The van der Waals surface area contributed by atoms with E-state index in [2.05, 4.69) is 297 Å². The molecule has 17 rings (SSSR count). The van der Waals surface area contributed by atoms with E-state index in [0.717, 1.165) is 192 Å². The van der Waals surface area contributed by atoms with Crippen LogP contribution in [0.1, 0.15) is 22.8 Å². The molecule has 0 saturated carbocycles. The normalized spacial score (nSPS) is 11.4. The summed E-state index contributed by atoms with van der Waals surface area (Å²) in [6.07, 6.45) is 8.58. The fraction of sp³-hybridized carbons (Fsp3) is 0.0612. The van der Waals surface area contributed by atoms with Crippen LogP contribution in [-0.4, -0.2) is 62.6 Å². The molecule has 0 amide bonds. The molecule has 5 heterocycles. The van der Waals surface area contributed by atoms with E-state index >= 15 is 0 Å². The summed E-state index contributed by atoms with van der Waals surface area (Å²) in [5.41, 5.74) is 25.6. The lowest BCUT2D eigenvalue weighted by Crippen LogP contribution is -2.09. The van der Waals surface area contributed by atoms with Gasteiger partial charge in [0.1, 0.15) is 34.5 Å². The largest absolute Gasteiger partial charge is 0.497 e. The van der Waals surface area contributed by atoms with Gasteiger partial charge >= 0.3 is 0 Å². The standard InChI is InChI=1S/C98H78N8O6/c1-107-81-45-33-75(34-46-81)104(76-35-47-82(108-2)48-36-76)72-27-19-66(20-28-72)96-89-59-57-87(99-89)95(65-17-25-71(26-18-65)103(69-13-9-7-10-14-69)70-15-11-8-12-16-70)88-58-60-90(100-88)97(67-21-29-73(30-22-67)105(77-37-49-83(109-3)50-38-77)78-39-51-84(110-4)52-40-78)92-62-64-94(102-92)98(93-63-61-91(96)101-93)68-23-31-74(32-24-68)106(79-41-53-85(111-5)54-42-79)80-43-55-86(112-6)56-44-80/h7-64,99,102H,1-6H3. The van der Waals surface area contributed by atoms with Crippen molar-refractivity contribution in [2.24, 2.45) is 0 Å². The predicted octanol–water partition coefficient (Wildman–Crippen LogP) is 25.3. The molecule has 12 aromatic carbocycles. The van der Waals surface area contributed by atoms with Crippen molar-refractivity contribution in [2.45, 2.75) is 0 Å². The van der Waals surface area contributed by atoms with Crippen molar-refractivity contribution in [2.75, 3.05) is 62.3 Å². The summed E-state index contributed by atoms with van der Waals surface area (Å²) in [5, 5.41) is 0. The summed E-state index contributed by atoms with van der Waals surface area (Å²) in [6.45, 7) is 0. The van der Waals surface area contributed by atoms with Crippen molar-refractivity contribution in [1.29, 1.82) is 0 Å². The Bertz CT molecular complexity index is 5740. The van der Waals surface area contributed by atoms with Crippen LogP contribution < -0.4 is 48.0 Å². The molecule has 0 aliphatic carbocycles. The lowest BCUT2D eigenvalue weighted by atomic mass is 10.0. The molecule has 8 bridgehead atoms. The van der Waals surface area contributed by atoms with E-state index in [4.69, 9.17) is 38.4 Å². The van der Waals surface area contributed by atoms with Crippen molar-refractivity contribution in [3.8, 4) is 79.0 Å². The molecule has 546 valence electrons. The highest BCUT2D eigenvalue weighted by atomic mass is 16.5. The van der Waals surface area contributed by atoms with Crippen molar-refractivity contribution >= 4 is 115 Å². The first kappa shape index (κ1) is 70.2. The number of methoxy groups -OCH3 is 6. The average Bonchev–Trinajstić information content (AvgIpc) is 1.59. The SMILES string of the molecule is COc1ccc(N(c2ccc(OC)cc2)c2ccc(-c3c4nc(c(-c5ccc(N(c6ccc(OC)cc6)c6ccc(OC)cc6)cc5)c5ccc([nH]5)c(-c5ccc(N(c6ccc(OC)cc6)c6ccc(OC)cc6)cc5)c5nc(c(-c6ccc(N(c7ccccc7)c7ccccc7)cc6)c6ccc3[nH]6)C=C5)C=C4)cc2)cc1. The molecule has 2 aliphatic rings. The van der Waals surface area contributed by atoms with Crippen LogP contribution in [0.4, 0.5) is 68.2 Å². The number of aromatic amines is 2. The number of fused-ring (bicyclic) bond motifs is 8. The van der Waals surface area contributed by atoms with Crippen molar-refractivity contribution in [3.05, 3.63) is 350 Å². The second kappa shape index (κ2) is 31.2. The van der Waals surface area contributed by atoms with Gasteiger partial charge in [0.25, 0.3) is 0 Å². The van der Waals surface area contributed by atoms with Gasteiger partial charge in [0.15, 0.2) is 0 Å². The summed E-state index contributed by atoms with van der Waals surface area (Å²) in [5.74, 6) is 4.59. The van der Waals surface area contributed by atoms with Gasteiger partial charge in [-0.25, -0.2) is 9.97 Å². The molecule has 0 fully saturated rings. The van der Waals surface area contributed by atoms with E-state index in [9.17, 15) is 0 Å². The third-order valence-corrected chi connectivity index (χ3v) is 20.4. The fourth-order valence-electron chi connectivity index (χ4n) is 14.9. The van der Waals surface area contributed by atoms with E-state index in [-0.39, 0.29) is 0 Å². The molecule has 14 heteroatoms. The summed E-state index contributed by atoms with van der Waals surface area (Å²) < 4.78 is 33.8. The minimum atomic E-state index is 0.764. The van der Waals surface area contributed by atoms with E-state index in [0.29, 0.717) is 0 Å². The van der Waals surface area contributed by atoms with Gasteiger partial charge in [-0.1, -0.05) is 84.9 Å². The zero-order valence-corrected chi connectivity index (χ0v) is 62.6. The van der Waals surface area contributed by atoms with Crippen molar-refractivity contribution in [3.63, 3.8) is 0 Å². The lowest BCUT2D eigenvalue weighted by molar-refractivity contribution is 0.414. The number of aromatic nitrogens is 4. The van der Waals surface area contributed by atoms with Crippen LogP contribution in [0.25, 0.3) is 90.9 Å². The monoisotopic (exact) mass is 1460 g/mol. The minimum absolute atomic E-state index is 0.764. The summed E-state index contributed by atoms with van der Waals surface area (Å²) in [4.78, 5) is 28.6. The van der Waals surface area contributed by atoms with E-state index in [1.165, 1.54) is 0 Å². The number of nitrogens with zero attached hydrogens (tertiary/aromatic N) is 6. The Morgan fingerprint density at radius 3 is 0.518 bits per heavy atom. The highest BCUT2D eigenvalue weighted by molar-refractivity contribution is 6.01. The molecule has 0 saturated heterocycles. The molecule has 0 unspecified atom stereocenters. The highest BCUT2D eigenvalue weighted by Gasteiger charge is 2.24. The van der Waals surface area contributed by atoms with Crippen LogP contribution in [0, 0.1) is 0 Å². The second-order valence-corrected chi connectivity index (χ2v) is 26.9. The van der Waals surface area contributed by atoms with Gasteiger partial charge in [0.2, 0.25) is 0 Å². The maximum atomic E-state index is 5.80. The number of anilines is 12. The van der Waals surface area contributed by atoms with Gasteiger partial charge in [-0.3, -0.25) is 0 Å². The molecular formula is C98H78N8O6. The Balaban J connectivity index is 0.897. The Labute approximate surface area is 650 Å². The molecule has 2 N–H and O–H groups in total. The Hall–Kier alpha value is -14.8. The van der Waals surface area contributed by atoms with Crippen molar-refractivity contribution in [1.82, 2.24) is 19.9 Å². The Morgan fingerprint density at radius 2 is 0.348 bits per heavy atom. The van der Waals surface area contributed by atoms with Crippen LogP contribution in [0.3, 0.4) is 0 Å². The first-order chi connectivity index (χ1) is 55.2. The molecule has 14 nitrogen and oxygen atoms in total. The Morgan fingerprint density at radius 1 is 0.188 bits per heavy atom. The number of rotatable bonds is 22. The molecule has 0 spiro atoms. The second-order valence-electron chi connectivity index (χ2n) is 26.9. The van der Waals surface area contributed by atoms with Gasteiger partial charge in [0, 0.05) is 113 Å². The van der Waals surface area contributed by atoms with Crippen LogP contribution in [0.5, 0.6) is 34.5 Å². The smallest absolute Gasteiger partial charge is 0.119 e. The third kappa shape index (κ3) is 14.1. The zero-order valence-electron chi connectivity index (χ0n) is 62.6. The van der Waals surface area contributed by atoms with Gasteiger partial charge in [-0.2, -0.15) is 0 Å². The first-order valence-electron chi connectivity index (χ1n) is 36.9. The molecule has 2 aliphatic heterocycles. The topological polar surface area (TPSA) is 126 Å². The molecule has 3 aromatic heterocycles. The quantitative estimate of drug-likeness (QED) is 0.0671. The van der Waals surface area contributed by atoms with Gasteiger partial charge in [-0.05, 0) is 289 Å². The molecule has 112 heavy (non-hydrogen) atoms. The highest BCUT2D eigenvalue weighted by Crippen LogP contribution is 2.46. The van der Waals surface area contributed by atoms with E-state index in [1.54, 1.807) is 42.7 Å². The van der Waals surface area contributed by atoms with Gasteiger partial charge in [0.05, 0.1) is 65.4 Å². The number of H-pyrrole nitrogens is 2. The summed E-state index contributed by atoms with van der Waals surface area (Å²) in [6, 6.07) is 113. The Kier molecular flexibility index (Phi) is 19.6. The van der Waals surface area contributed by atoms with Crippen molar-refractivity contribution < 1.29 is 28.4 Å². The fourth-order valence-corrected chi connectivity index (χ4v) is 14.9. The van der Waals surface area contributed by atoms with E-state index in [1.807, 2.05) is 84.9 Å². The van der Waals surface area contributed by atoms with Crippen LogP contribution >= 0.6 is 0 Å². The van der Waals surface area contributed by atoms with E-state index < -0.39 is 0 Å². The summed E-state index contributed by atoms with van der Waals surface area (Å²) in [7, 11) is 10.1. The third-order valence-electron chi connectivity index (χ3n) is 20.4. The average molecular weight is 1460 g/mol. The number of para-hydroxylation sites is 2.